The number of thiophene rings is 1. The van der Waals surface area contributed by atoms with Crippen molar-refractivity contribution in [2.45, 2.75) is 0 Å². The second kappa shape index (κ2) is 13.2. The maximum atomic E-state index is 6.76. The number of hydrogen-bond donors (Lipinski definition) is 0. The second-order valence-electron chi connectivity index (χ2n) is 13.6. The highest BCUT2D eigenvalue weighted by Gasteiger charge is 2.20. The van der Waals surface area contributed by atoms with Gasteiger partial charge in [-0.2, -0.15) is 0 Å². The first-order valence-corrected chi connectivity index (χ1v) is 19.2. The molecule has 0 bridgehead atoms. The van der Waals surface area contributed by atoms with Gasteiger partial charge < -0.3 is 4.42 Å². The van der Waals surface area contributed by atoms with E-state index < -0.39 is 0 Å². The van der Waals surface area contributed by atoms with E-state index in [4.69, 9.17) is 29.3 Å². The lowest BCUT2D eigenvalue weighted by molar-refractivity contribution is 0.669. The second-order valence-corrected chi connectivity index (χ2v) is 14.7. The van der Waals surface area contributed by atoms with E-state index in [9.17, 15) is 0 Å². The highest BCUT2D eigenvalue weighted by atomic mass is 32.1. The molecule has 0 spiro atoms. The third-order valence-corrected chi connectivity index (χ3v) is 11.3. The maximum absolute atomic E-state index is 6.76. The Balaban J connectivity index is 1.05. The van der Waals surface area contributed by atoms with Crippen LogP contribution in [0.1, 0.15) is 0 Å². The molecule has 4 heterocycles. The van der Waals surface area contributed by atoms with Crippen LogP contribution in [0.3, 0.4) is 0 Å². The number of nitrogens with zero attached hydrogens (tertiary/aromatic N) is 5. The number of benzene rings is 7. The molecule has 0 amide bonds. The van der Waals surface area contributed by atoms with Crippen LogP contribution < -0.4 is 0 Å². The Bertz CT molecular complexity index is 3230. The third kappa shape index (κ3) is 5.52. The molecule has 0 radical (unpaired) electrons. The van der Waals surface area contributed by atoms with Gasteiger partial charge in [0, 0.05) is 43.1 Å². The molecular weight excluding hydrogens is 707 g/mol. The van der Waals surface area contributed by atoms with Crippen LogP contribution in [-0.4, -0.2) is 24.9 Å². The van der Waals surface area contributed by atoms with Crippen molar-refractivity contribution in [1.82, 2.24) is 24.9 Å². The van der Waals surface area contributed by atoms with E-state index in [1.54, 1.807) is 11.3 Å². The number of hydrogen-bond acceptors (Lipinski definition) is 7. The Labute approximate surface area is 325 Å². The minimum absolute atomic E-state index is 0.538. The van der Waals surface area contributed by atoms with Gasteiger partial charge in [0.1, 0.15) is 11.2 Å². The number of fused-ring (bicyclic) bond motifs is 6. The molecular formula is C49H29N5OS. The quantitative estimate of drug-likeness (QED) is 0.169. The van der Waals surface area contributed by atoms with Gasteiger partial charge in [-0.05, 0) is 35.4 Å². The molecule has 4 aromatic heterocycles. The number of para-hydroxylation sites is 1. The number of furan rings is 1. The monoisotopic (exact) mass is 735 g/mol. The Kier molecular flexibility index (Phi) is 7.57. The van der Waals surface area contributed by atoms with Crippen LogP contribution in [0.25, 0.3) is 110 Å². The predicted octanol–water partition coefficient (Wildman–Crippen LogP) is 12.9. The van der Waals surface area contributed by atoms with Crippen LogP contribution in [0.4, 0.5) is 0 Å². The van der Waals surface area contributed by atoms with E-state index in [2.05, 4.69) is 91.0 Å². The molecule has 0 saturated heterocycles. The molecule has 6 nitrogen and oxygen atoms in total. The fourth-order valence-corrected chi connectivity index (χ4v) is 8.56. The minimum Gasteiger partial charge on any atom is -0.455 e. The molecule has 0 aliphatic carbocycles. The summed E-state index contributed by atoms with van der Waals surface area (Å²) < 4.78 is 9.03. The average Bonchev–Trinajstić information content (AvgIpc) is 3.85. The van der Waals surface area contributed by atoms with Crippen molar-refractivity contribution in [3.8, 4) is 67.9 Å². The van der Waals surface area contributed by atoms with Crippen LogP contribution in [-0.2, 0) is 0 Å². The summed E-state index contributed by atoms with van der Waals surface area (Å²) in [5, 5.41) is 3.09. The normalized spacial score (nSPS) is 11.6. The first kappa shape index (κ1) is 32.1. The zero-order chi connectivity index (χ0) is 37.0. The molecule has 0 unspecified atom stereocenters. The molecule has 0 fully saturated rings. The first-order chi connectivity index (χ1) is 27.7. The molecule has 0 atom stereocenters. The van der Waals surface area contributed by atoms with Crippen LogP contribution >= 0.6 is 11.3 Å². The summed E-state index contributed by atoms with van der Waals surface area (Å²) in [5.41, 5.74) is 10.1. The Morgan fingerprint density at radius 2 is 0.929 bits per heavy atom. The van der Waals surface area contributed by atoms with Crippen molar-refractivity contribution in [1.29, 1.82) is 0 Å². The predicted molar refractivity (Wildman–Crippen MR) is 228 cm³/mol. The maximum Gasteiger partial charge on any atom is 0.167 e. The number of aromatic nitrogens is 5. The SMILES string of the molecule is c1ccc(-c2ccc(-c3nc(-c4ccccc4)nc(-c4cccc5c4oc4cc(-c6nc(-c7ccccc7)c7sc8ccccc8c7n6)ccc45)n3)cc2)cc1. The average molecular weight is 736 g/mol. The van der Waals surface area contributed by atoms with Gasteiger partial charge in [-0.15, -0.1) is 11.3 Å². The highest BCUT2D eigenvalue weighted by Crippen LogP contribution is 2.41. The van der Waals surface area contributed by atoms with E-state index in [1.165, 1.54) is 4.70 Å². The van der Waals surface area contributed by atoms with Crippen molar-refractivity contribution >= 4 is 53.6 Å². The van der Waals surface area contributed by atoms with Crippen molar-refractivity contribution in [3.63, 3.8) is 0 Å². The zero-order valence-electron chi connectivity index (χ0n) is 29.8. The molecule has 0 saturated carbocycles. The summed E-state index contributed by atoms with van der Waals surface area (Å²) in [6, 6.07) is 59.9. The minimum atomic E-state index is 0.538. The number of rotatable bonds is 6. The lowest BCUT2D eigenvalue weighted by Crippen LogP contribution is -2.00. The Morgan fingerprint density at radius 3 is 1.68 bits per heavy atom. The van der Waals surface area contributed by atoms with Crippen molar-refractivity contribution in [2.24, 2.45) is 0 Å². The molecule has 0 N–H and O–H groups in total. The largest absolute Gasteiger partial charge is 0.455 e. The van der Waals surface area contributed by atoms with Gasteiger partial charge in [0.05, 0.1) is 21.5 Å². The van der Waals surface area contributed by atoms with Gasteiger partial charge in [0.2, 0.25) is 0 Å². The summed E-state index contributed by atoms with van der Waals surface area (Å²) in [6.45, 7) is 0. The fraction of sp³-hybridized carbons (Fsp3) is 0. The first-order valence-electron chi connectivity index (χ1n) is 18.4. The van der Waals surface area contributed by atoms with Gasteiger partial charge >= 0.3 is 0 Å². The topological polar surface area (TPSA) is 77.6 Å². The summed E-state index contributed by atoms with van der Waals surface area (Å²) in [7, 11) is 0. The van der Waals surface area contributed by atoms with E-state index in [0.29, 0.717) is 28.9 Å². The zero-order valence-corrected chi connectivity index (χ0v) is 30.6. The van der Waals surface area contributed by atoms with Gasteiger partial charge in [-0.3, -0.25) is 0 Å². The van der Waals surface area contributed by atoms with Gasteiger partial charge in [0.15, 0.2) is 23.3 Å². The van der Waals surface area contributed by atoms with Crippen LogP contribution in [0.15, 0.2) is 180 Å². The molecule has 0 aliphatic rings. The van der Waals surface area contributed by atoms with Gasteiger partial charge in [-0.25, -0.2) is 24.9 Å². The van der Waals surface area contributed by atoms with Crippen molar-refractivity contribution in [2.75, 3.05) is 0 Å². The highest BCUT2D eigenvalue weighted by molar-refractivity contribution is 7.26. The van der Waals surface area contributed by atoms with Crippen molar-refractivity contribution < 1.29 is 4.42 Å². The smallest absolute Gasteiger partial charge is 0.167 e. The van der Waals surface area contributed by atoms with Crippen LogP contribution in [0.5, 0.6) is 0 Å². The molecule has 56 heavy (non-hydrogen) atoms. The Hall–Kier alpha value is -7.35. The van der Waals surface area contributed by atoms with Crippen molar-refractivity contribution in [3.05, 3.63) is 176 Å². The molecule has 11 rings (SSSR count). The van der Waals surface area contributed by atoms with E-state index in [0.717, 1.165) is 76.6 Å². The van der Waals surface area contributed by atoms with E-state index in [1.807, 2.05) is 84.9 Å². The summed E-state index contributed by atoms with van der Waals surface area (Å²) in [5.74, 6) is 2.37. The molecule has 0 aliphatic heterocycles. The lowest BCUT2D eigenvalue weighted by atomic mass is 10.0. The summed E-state index contributed by atoms with van der Waals surface area (Å²) in [4.78, 5) is 25.4. The standard InChI is InChI=1S/C49H29N5OS/c1-4-13-30(14-5-1)31-23-25-34(26-24-31)47-52-46(33-17-8-3-9-18-33)53-49(54-47)39-21-12-20-37-36-28-27-35(29-40(36)55-44(37)39)48-50-42(32-15-6-2-7-16-32)45-43(51-48)38-19-10-11-22-41(38)56-45/h1-29H. The van der Waals surface area contributed by atoms with E-state index in [-0.39, 0.29) is 0 Å². The Morgan fingerprint density at radius 1 is 0.375 bits per heavy atom. The molecule has 11 aromatic rings. The molecule has 7 aromatic carbocycles. The third-order valence-electron chi connectivity index (χ3n) is 10.2. The summed E-state index contributed by atoms with van der Waals surface area (Å²) >= 11 is 1.73. The fourth-order valence-electron chi connectivity index (χ4n) is 7.41. The van der Waals surface area contributed by atoms with E-state index >= 15 is 0 Å². The lowest BCUT2D eigenvalue weighted by Gasteiger charge is -2.09. The van der Waals surface area contributed by atoms with Crippen LogP contribution in [0.2, 0.25) is 0 Å². The van der Waals surface area contributed by atoms with Gasteiger partial charge in [-0.1, -0.05) is 152 Å². The molecule has 7 heteroatoms. The van der Waals surface area contributed by atoms with Crippen LogP contribution in [0, 0.1) is 0 Å². The molecule has 262 valence electrons. The summed E-state index contributed by atoms with van der Waals surface area (Å²) in [6.07, 6.45) is 0. The van der Waals surface area contributed by atoms with Gasteiger partial charge in [0.25, 0.3) is 0 Å².